The summed E-state index contributed by atoms with van der Waals surface area (Å²) in [7, 11) is 0. The first kappa shape index (κ1) is 11.7. The molecule has 1 aliphatic rings. The summed E-state index contributed by atoms with van der Waals surface area (Å²) in [5, 5.41) is 12.4. The Balaban J connectivity index is 1.80. The van der Waals surface area contributed by atoms with Gasteiger partial charge in [0.05, 0.1) is 0 Å². The maximum atomic E-state index is 11.1. The van der Waals surface area contributed by atoms with E-state index in [9.17, 15) is 4.79 Å². The minimum absolute atomic E-state index is 0.213. The maximum absolute atomic E-state index is 11.1. The molecular weight excluding hydrogens is 240 g/mol. The van der Waals surface area contributed by atoms with Gasteiger partial charge in [-0.1, -0.05) is 24.3 Å². The van der Waals surface area contributed by atoms with Crippen LogP contribution in [0.5, 0.6) is 0 Å². The normalized spacial score (nSPS) is 14.1. The molecular formula is C15H14N2O2. The lowest BCUT2D eigenvalue weighted by Crippen LogP contribution is -2.22. The van der Waals surface area contributed by atoms with Crippen LogP contribution in [0.25, 0.3) is 0 Å². The summed E-state index contributed by atoms with van der Waals surface area (Å²) >= 11 is 0. The van der Waals surface area contributed by atoms with Crippen LogP contribution in [0.3, 0.4) is 0 Å². The molecule has 3 rings (SSSR count). The molecule has 0 amide bonds. The molecule has 4 nitrogen and oxygen atoms in total. The summed E-state index contributed by atoms with van der Waals surface area (Å²) in [6.45, 7) is 0. The molecule has 1 aliphatic carbocycles. The van der Waals surface area contributed by atoms with E-state index in [1.165, 1.54) is 11.1 Å². The van der Waals surface area contributed by atoms with Gasteiger partial charge >= 0.3 is 5.97 Å². The van der Waals surface area contributed by atoms with Gasteiger partial charge in [0.25, 0.3) is 0 Å². The Morgan fingerprint density at radius 3 is 2.47 bits per heavy atom. The number of rotatable bonds is 3. The van der Waals surface area contributed by atoms with Gasteiger partial charge in [-0.15, -0.1) is 0 Å². The highest BCUT2D eigenvalue weighted by atomic mass is 16.4. The summed E-state index contributed by atoms with van der Waals surface area (Å²) in [5.41, 5.74) is 2.87. The summed E-state index contributed by atoms with van der Waals surface area (Å²) in [5.74, 6) is -0.501. The molecule has 0 atom stereocenters. The van der Waals surface area contributed by atoms with E-state index in [1.54, 1.807) is 18.3 Å². The minimum Gasteiger partial charge on any atom is -0.478 e. The summed E-state index contributed by atoms with van der Waals surface area (Å²) in [4.78, 5) is 15.3. The van der Waals surface area contributed by atoms with Crippen LogP contribution in [0.4, 0.5) is 5.82 Å². The molecule has 0 bridgehead atoms. The quantitative estimate of drug-likeness (QED) is 0.882. The molecule has 0 saturated carbocycles. The van der Waals surface area contributed by atoms with Crippen LogP contribution in [0.1, 0.15) is 21.5 Å². The average molecular weight is 254 g/mol. The minimum atomic E-state index is -0.953. The van der Waals surface area contributed by atoms with Crippen molar-refractivity contribution in [2.24, 2.45) is 0 Å². The third-order valence-corrected chi connectivity index (χ3v) is 3.43. The van der Waals surface area contributed by atoms with Crippen molar-refractivity contribution in [3.8, 4) is 0 Å². The number of aromatic carboxylic acids is 1. The van der Waals surface area contributed by atoms with Crippen molar-refractivity contribution in [1.82, 2.24) is 4.98 Å². The van der Waals surface area contributed by atoms with Gasteiger partial charge in [0, 0.05) is 12.2 Å². The van der Waals surface area contributed by atoms with E-state index in [1.807, 2.05) is 12.1 Å². The zero-order valence-electron chi connectivity index (χ0n) is 10.3. The first-order valence-corrected chi connectivity index (χ1v) is 6.25. The Morgan fingerprint density at radius 2 is 1.84 bits per heavy atom. The highest BCUT2D eigenvalue weighted by Gasteiger charge is 2.22. The van der Waals surface area contributed by atoms with E-state index in [-0.39, 0.29) is 11.6 Å². The second kappa shape index (κ2) is 4.72. The van der Waals surface area contributed by atoms with Gasteiger partial charge in [0.2, 0.25) is 0 Å². The van der Waals surface area contributed by atoms with Gasteiger partial charge in [0.1, 0.15) is 11.4 Å². The maximum Gasteiger partial charge on any atom is 0.339 e. The van der Waals surface area contributed by atoms with Crippen molar-refractivity contribution in [2.45, 2.75) is 18.9 Å². The molecule has 19 heavy (non-hydrogen) atoms. The van der Waals surface area contributed by atoms with Crippen molar-refractivity contribution in [1.29, 1.82) is 0 Å². The number of carbonyl (C=O) groups is 1. The van der Waals surface area contributed by atoms with E-state index >= 15 is 0 Å². The molecule has 4 heteroatoms. The van der Waals surface area contributed by atoms with E-state index in [2.05, 4.69) is 22.4 Å². The standard InChI is InChI=1S/C15H14N2O2/c18-15(19)13-6-3-7-16-14(13)17-12-8-10-4-1-2-5-11(10)9-12/h1-7,12H,8-9H2,(H,16,17)(H,18,19). The van der Waals surface area contributed by atoms with Crippen molar-refractivity contribution >= 4 is 11.8 Å². The predicted octanol–water partition coefficient (Wildman–Crippen LogP) is 2.36. The number of carboxylic acids is 1. The van der Waals surface area contributed by atoms with Crippen LogP contribution < -0.4 is 5.32 Å². The number of benzene rings is 1. The van der Waals surface area contributed by atoms with Gasteiger partial charge < -0.3 is 10.4 Å². The van der Waals surface area contributed by atoms with E-state index in [0.29, 0.717) is 5.82 Å². The van der Waals surface area contributed by atoms with Crippen molar-refractivity contribution in [3.05, 3.63) is 59.3 Å². The van der Waals surface area contributed by atoms with Crippen LogP contribution in [-0.2, 0) is 12.8 Å². The van der Waals surface area contributed by atoms with Crippen LogP contribution in [-0.4, -0.2) is 22.1 Å². The number of hydrogen-bond acceptors (Lipinski definition) is 3. The number of fused-ring (bicyclic) bond motifs is 1. The molecule has 0 fully saturated rings. The lowest BCUT2D eigenvalue weighted by molar-refractivity contribution is 0.0697. The number of aromatic nitrogens is 1. The molecule has 0 radical (unpaired) electrons. The first-order chi connectivity index (χ1) is 9.24. The molecule has 2 aromatic rings. The third kappa shape index (κ3) is 2.29. The van der Waals surface area contributed by atoms with Gasteiger partial charge in [-0.05, 0) is 36.1 Å². The second-order valence-electron chi connectivity index (χ2n) is 4.72. The Labute approximate surface area is 111 Å². The third-order valence-electron chi connectivity index (χ3n) is 3.43. The zero-order chi connectivity index (χ0) is 13.2. The lowest BCUT2D eigenvalue weighted by atomic mass is 10.1. The van der Waals surface area contributed by atoms with E-state index < -0.39 is 5.97 Å². The predicted molar refractivity (Wildman–Crippen MR) is 72.5 cm³/mol. The van der Waals surface area contributed by atoms with Crippen LogP contribution >= 0.6 is 0 Å². The number of carboxylic acid groups (broad SMARTS) is 1. The zero-order valence-corrected chi connectivity index (χ0v) is 10.3. The van der Waals surface area contributed by atoms with Gasteiger partial charge in [0.15, 0.2) is 0 Å². The van der Waals surface area contributed by atoms with Crippen molar-refractivity contribution in [3.63, 3.8) is 0 Å². The molecule has 1 aromatic heterocycles. The molecule has 1 aromatic carbocycles. The first-order valence-electron chi connectivity index (χ1n) is 6.25. The molecule has 2 N–H and O–H groups in total. The van der Waals surface area contributed by atoms with Gasteiger partial charge in [-0.3, -0.25) is 0 Å². The smallest absolute Gasteiger partial charge is 0.339 e. The Kier molecular flexibility index (Phi) is 2.91. The number of anilines is 1. The Morgan fingerprint density at radius 1 is 1.16 bits per heavy atom. The topological polar surface area (TPSA) is 62.2 Å². The fourth-order valence-electron chi connectivity index (χ4n) is 2.55. The van der Waals surface area contributed by atoms with E-state index in [0.717, 1.165) is 12.8 Å². The van der Waals surface area contributed by atoms with Crippen molar-refractivity contribution < 1.29 is 9.90 Å². The summed E-state index contributed by atoms with van der Waals surface area (Å²) in [6, 6.07) is 11.7. The SMILES string of the molecule is O=C(O)c1cccnc1NC1Cc2ccccc2C1. The van der Waals surface area contributed by atoms with Gasteiger partial charge in [-0.25, -0.2) is 9.78 Å². The van der Waals surface area contributed by atoms with E-state index in [4.69, 9.17) is 5.11 Å². The number of hydrogen-bond donors (Lipinski definition) is 2. The van der Waals surface area contributed by atoms with Crippen LogP contribution in [0.15, 0.2) is 42.6 Å². The molecule has 1 heterocycles. The number of pyridine rings is 1. The van der Waals surface area contributed by atoms with Crippen LogP contribution in [0, 0.1) is 0 Å². The fraction of sp³-hybridized carbons (Fsp3) is 0.200. The highest BCUT2D eigenvalue weighted by molar-refractivity contribution is 5.93. The highest BCUT2D eigenvalue weighted by Crippen LogP contribution is 2.24. The Hall–Kier alpha value is -2.36. The lowest BCUT2D eigenvalue weighted by Gasteiger charge is -2.14. The second-order valence-corrected chi connectivity index (χ2v) is 4.72. The molecule has 0 unspecified atom stereocenters. The van der Waals surface area contributed by atoms with Crippen molar-refractivity contribution in [2.75, 3.05) is 5.32 Å². The number of nitrogens with one attached hydrogen (secondary N) is 1. The summed E-state index contributed by atoms with van der Waals surface area (Å²) < 4.78 is 0. The molecule has 0 saturated heterocycles. The fourth-order valence-corrected chi connectivity index (χ4v) is 2.55. The monoisotopic (exact) mass is 254 g/mol. The average Bonchev–Trinajstić information content (AvgIpc) is 2.81. The van der Waals surface area contributed by atoms with Crippen LogP contribution in [0.2, 0.25) is 0 Å². The molecule has 96 valence electrons. The number of nitrogens with zero attached hydrogens (tertiary/aromatic N) is 1. The largest absolute Gasteiger partial charge is 0.478 e. The molecule has 0 spiro atoms. The summed E-state index contributed by atoms with van der Waals surface area (Å²) in [6.07, 6.45) is 3.43. The van der Waals surface area contributed by atoms with Gasteiger partial charge in [-0.2, -0.15) is 0 Å². The molecule has 0 aliphatic heterocycles. The Bertz CT molecular complexity index is 600.